The van der Waals surface area contributed by atoms with Gasteiger partial charge in [0.2, 0.25) is 5.89 Å². The van der Waals surface area contributed by atoms with Gasteiger partial charge in [0.15, 0.2) is 5.82 Å². The third-order valence-corrected chi connectivity index (χ3v) is 5.38. The van der Waals surface area contributed by atoms with Crippen LogP contribution in [0.3, 0.4) is 0 Å². The quantitative estimate of drug-likeness (QED) is 0.856. The summed E-state index contributed by atoms with van der Waals surface area (Å²) < 4.78 is 5.47. The number of rotatable bonds is 5. The second-order valence-electron chi connectivity index (χ2n) is 5.64. The Bertz CT molecular complexity index is 599. The predicted molar refractivity (Wildman–Crippen MR) is 84.2 cm³/mol. The first kappa shape index (κ1) is 14.6. The molecule has 5 heteroatoms. The lowest BCUT2D eigenvalue weighted by Gasteiger charge is -2.12. The van der Waals surface area contributed by atoms with Gasteiger partial charge in [-0.3, -0.25) is 0 Å². The van der Waals surface area contributed by atoms with Gasteiger partial charge in [-0.25, -0.2) is 0 Å². The molecular weight excluding hydrogens is 282 g/mol. The van der Waals surface area contributed by atoms with Gasteiger partial charge in [0.05, 0.1) is 5.75 Å². The topological polar surface area (TPSA) is 64.9 Å². The Balaban J connectivity index is 1.64. The van der Waals surface area contributed by atoms with E-state index in [-0.39, 0.29) is 0 Å². The summed E-state index contributed by atoms with van der Waals surface area (Å²) >= 11 is 1.75. The van der Waals surface area contributed by atoms with E-state index >= 15 is 0 Å². The van der Waals surface area contributed by atoms with E-state index in [1.165, 1.54) is 23.3 Å². The van der Waals surface area contributed by atoms with E-state index in [1.54, 1.807) is 11.8 Å². The maximum Gasteiger partial charge on any atom is 0.230 e. The molecule has 1 aliphatic carbocycles. The molecule has 0 saturated heterocycles. The van der Waals surface area contributed by atoms with Gasteiger partial charge in [-0.2, -0.15) is 4.98 Å². The molecule has 1 aliphatic rings. The summed E-state index contributed by atoms with van der Waals surface area (Å²) in [5.74, 6) is 3.17. The van der Waals surface area contributed by atoms with Crippen molar-refractivity contribution >= 4 is 11.8 Å². The molecule has 4 nitrogen and oxygen atoms in total. The lowest BCUT2D eigenvalue weighted by atomic mass is 9.96. The van der Waals surface area contributed by atoms with E-state index < -0.39 is 0 Å². The van der Waals surface area contributed by atoms with E-state index in [4.69, 9.17) is 10.3 Å². The van der Waals surface area contributed by atoms with Gasteiger partial charge in [0, 0.05) is 10.8 Å². The summed E-state index contributed by atoms with van der Waals surface area (Å²) in [5.41, 5.74) is 7.11. The largest absolute Gasteiger partial charge is 0.339 e. The van der Waals surface area contributed by atoms with Crippen LogP contribution in [-0.4, -0.2) is 16.7 Å². The first-order chi connectivity index (χ1) is 10.3. The normalized spacial score (nSPS) is 21.8. The minimum absolute atomic E-state index is 0.361. The molecular formula is C16H21N3OS. The SMILES string of the molecule is Cc1ccccc1SCc1noc(C2CCCC2CN)n1. The van der Waals surface area contributed by atoms with Crippen molar-refractivity contribution in [2.75, 3.05) is 6.54 Å². The predicted octanol–water partition coefficient (Wildman–Crippen LogP) is 3.51. The number of thioether (sulfide) groups is 1. The molecule has 1 aromatic heterocycles. The number of hydrogen-bond acceptors (Lipinski definition) is 5. The van der Waals surface area contributed by atoms with Gasteiger partial charge in [0.1, 0.15) is 0 Å². The maximum absolute atomic E-state index is 5.83. The van der Waals surface area contributed by atoms with Crippen LogP contribution in [-0.2, 0) is 5.75 Å². The fourth-order valence-electron chi connectivity index (χ4n) is 2.98. The number of aromatic nitrogens is 2. The van der Waals surface area contributed by atoms with Gasteiger partial charge in [-0.15, -0.1) is 11.8 Å². The molecule has 2 unspecified atom stereocenters. The Labute approximate surface area is 129 Å². The highest BCUT2D eigenvalue weighted by atomic mass is 32.2. The van der Waals surface area contributed by atoms with Crippen LogP contribution in [0, 0.1) is 12.8 Å². The zero-order chi connectivity index (χ0) is 14.7. The van der Waals surface area contributed by atoms with Crippen LogP contribution in [0.2, 0.25) is 0 Å². The van der Waals surface area contributed by atoms with Crippen LogP contribution in [0.5, 0.6) is 0 Å². The Kier molecular flexibility index (Phi) is 4.60. The molecule has 21 heavy (non-hydrogen) atoms. The monoisotopic (exact) mass is 303 g/mol. The lowest BCUT2D eigenvalue weighted by Crippen LogP contribution is -2.17. The average Bonchev–Trinajstić information content (AvgIpc) is 3.14. The third kappa shape index (κ3) is 3.30. The van der Waals surface area contributed by atoms with Gasteiger partial charge < -0.3 is 10.3 Å². The second-order valence-corrected chi connectivity index (χ2v) is 6.65. The van der Waals surface area contributed by atoms with Crippen LogP contribution in [0.25, 0.3) is 0 Å². The Morgan fingerprint density at radius 1 is 1.33 bits per heavy atom. The van der Waals surface area contributed by atoms with E-state index in [0.717, 1.165) is 23.9 Å². The molecule has 0 aliphatic heterocycles. The van der Waals surface area contributed by atoms with E-state index in [9.17, 15) is 0 Å². The van der Waals surface area contributed by atoms with Crippen molar-refractivity contribution < 1.29 is 4.52 Å². The smallest absolute Gasteiger partial charge is 0.230 e. The molecule has 0 spiro atoms. The minimum Gasteiger partial charge on any atom is -0.339 e. The minimum atomic E-state index is 0.361. The summed E-state index contributed by atoms with van der Waals surface area (Å²) in [6, 6.07) is 8.36. The first-order valence-electron chi connectivity index (χ1n) is 7.49. The van der Waals surface area contributed by atoms with Crippen molar-refractivity contribution in [3.05, 3.63) is 41.5 Å². The molecule has 2 N–H and O–H groups in total. The zero-order valence-corrected chi connectivity index (χ0v) is 13.1. The summed E-state index contributed by atoms with van der Waals surface area (Å²) in [4.78, 5) is 5.85. The number of hydrogen-bond donors (Lipinski definition) is 1. The van der Waals surface area contributed by atoms with Crippen molar-refractivity contribution in [1.29, 1.82) is 0 Å². The van der Waals surface area contributed by atoms with Crippen molar-refractivity contribution in [1.82, 2.24) is 10.1 Å². The number of nitrogens with two attached hydrogens (primary N) is 1. The number of aryl methyl sites for hydroxylation is 1. The molecule has 3 rings (SSSR count). The van der Waals surface area contributed by atoms with Crippen molar-refractivity contribution in [3.63, 3.8) is 0 Å². The molecule has 1 saturated carbocycles. The molecule has 0 amide bonds. The molecule has 2 atom stereocenters. The Morgan fingerprint density at radius 3 is 3.00 bits per heavy atom. The van der Waals surface area contributed by atoms with Crippen LogP contribution >= 0.6 is 11.8 Å². The summed E-state index contributed by atoms with van der Waals surface area (Å²) in [6.07, 6.45) is 3.51. The van der Waals surface area contributed by atoms with Gasteiger partial charge in [-0.1, -0.05) is 29.8 Å². The molecule has 112 valence electrons. The van der Waals surface area contributed by atoms with E-state index in [1.807, 2.05) is 0 Å². The standard InChI is InChI=1S/C16H21N3OS/c1-11-5-2-3-8-14(11)21-10-15-18-16(20-19-15)13-7-4-6-12(13)9-17/h2-3,5,8,12-13H,4,6-7,9-10,17H2,1H3. The van der Waals surface area contributed by atoms with Crippen molar-refractivity contribution in [2.45, 2.75) is 42.8 Å². The maximum atomic E-state index is 5.83. The Morgan fingerprint density at radius 2 is 2.19 bits per heavy atom. The summed E-state index contributed by atoms with van der Waals surface area (Å²) in [6.45, 7) is 2.83. The average molecular weight is 303 g/mol. The van der Waals surface area contributed by atoms with E-state index in [0.29, 0.717) is 18.4 Å². The van der Waals surface area contributed by atoms with Crippen molar-refractivity contribution in [3.8, 4) is 0 Å². The number of nitrogens with zero attached hydrogens (tertiary/aromatic N) is 2. The van der Waals surface area contributed by atoms with Crippen LogP contribution < -0.4 is 5.73 Å². The summed E-state index contributed by atoms with van der Waals surface area (Å²) in [5, 5.41) is 4.13. The lowest BCUT2D eigenvalue weighted by molar-refractivity contribution is 0.324. The molecule has 2 aromatic rings. The fourth-order valence-corrected chi connectivity index (χ4v) is 3.85. The highest BCUT2D eigenvalue weighted by Crippen LogP contribution is 2.38. The molecule has 1 aromatic carbocycles. The molecule has 1 heterocycles. The Hall–Kier alpha value is -1.33. The van der Waals surface area contributed by atoms with Crippen LogP contribution in [0.4, 0.5) is 0 Å². The highest BCUT2D eigenvalue weighted by Gasteiger charge is 2.31. The highest BCUT2D eigenvalue weighted by molar-refractivity contribution is 7.98. The first-order valence-corrected chi connectivity index (χ1v) is 8.47. The van der Waals surface area contributed by atoms with Gasteiger partial charge in [-0.05, 0) is 43.9 Å². The van der Waals surface area contributed by atoms with Crippen molar-refractivity contribution in [2.24, 2.45) is 11.7 Å². The van der Waals surface area contributed by atoms with Gasteiger partial charge in [0.25, 0.3) is 0 Å². The van der Waals surface area contributed by atoms with E-state index in [2.05, 4.69) is 41.3 Å². The zero-order valence-electron chi connectivity index (χ0n) is 12.3. The fraction of sp³-hybridized carbons (Fsp3) is 0.500. The molecule has 0 bridgehead atoms. The van der Waals surface area contributed by atoms with Gasteiger partial charge >= 0.3 is 0 Å². The number of benzene rings is 1. The third-order valence-electron chi connectivity index (χ3n) is 4.21. The summed E-state index contributed by atoms with van der Waals surface area (Å²) in [7, 11) is 0. The van der Waals surface area contributed by atoms with Crippen LogP contribution in [0.1, 0.15) is 42.5 Å². The molecule has 0 radical (unpaired) electrons. The van der Waals surface area contributed by atoms with Crippen LogP contribution in [0.15, 0.2) is 33.7 Å². The second kappa shape index (κ2) is 6.62. The molecule has 1 fully saturated rings.